The number of nitrogen functional groups attached to an aromatic ring is 1. The molecular weight excluding hydrogens is 310 g/mol. The Kier molecular flexibility index (Phi) is 4.36. The Morgan fingerprint density at radius 3 is 2.48 bits per heavy atom. The summed E-state index contributed by atoms with van der Waals surface area (Å²) in [5.74, 6) is 0. The molecule has 0 aliphatic heterocycles. The van der Waals surface area contributed by atoms with E-state index < -0.39 is 10.0 Å². The van der Waals surface area contributed by atoms with Crippen molar-refractivity contribution in [2.45, 2.75) is 11.3 Å². The van der Waals surface area contributed by atoms with Gasteiger partial charge in [0.2, 0.25) is 0 Å². The number of nitrogens with one attached hydrogen (secondary N) is 1. The molecule has 0 bridgehead atoms. The van der Waals surface area contributed by atoms with Crippen molar-refractivity contribution in [1.82, 2.24) is 0 Å². The van der Waals surface area contributed by atoms with Crippen LogP contribution < -0.4 is 10.5 Å². The summed E-state index contributed by atoms with van der Waals surface area (Å²) in [6.07, 6.45) is 0.231. The van der Waals surface area contributed by atoms with Crippen LogP contribution >= 0.6 is 11.6 Å². The van der Waals surface area contributed by atoms with Crippen molar-refractivity contribution in [2.24, 2.45) is 0 Å². The number of benzene rings is 2. The molecule has 0 unspecified atom stereocenters. The monoisotopic (exact) mass is 321 g/mol. The van der Waals surface area contributed by atoms with Gasteiger partial charge in [-0.1, -0.05) is 23.7 Å². The minimum Gasteiger partial charge on any atom is -0.397 e. The molecule has 21 heavy (non-hydrogen) atoms. The Hall–Kier alpha value is -2.23. The lowest BCUT2D eigenvalue weighted by Crippen LogP contribution is -2.14. The van der Waals surface area contributed by atoms with Crippen LogP contribution in [0.25, 0.3) is 0 Å². The molecule has 108 valence electrons. The second-order valence-corrected chi connectivity index (χ2v) is 6.43. The second-order valence-electron chi connectivity index (χ2n) is 4.32. The minimum atomic E-state index is -3.76. The molecule has 2 aromatic rings. The van der Waals surface area contributed by atoms with E-state index in [0.29, 0.717) is 5.02 Å². The lowest BCUT2D eigenvalue weighted by atomic mass is 10.2. The van der Waals surface area contributed by atoms with E-state index >= 15 is 0 Å². The van der Waals surface area contributed by atoms with Crippen LogP contribution in [-0.2, 0) is 16.4 Å². The number of halogens is 1. The highest BCUT2D eigenvalue weighted by atomic mass is 35.5. The third kappa shape index (κ3) is 3.66. The zero-order chi connectivity index (χ0) is 15.5. The van der Waals surface area contributed by atoms with Gasteiger partial charge in [0.1, 0.15) is 0 Å². The highest BCUT2D eigenvalue weighted by molar-refractivity contribution is 7.92. The largest absolute Gasteiger partial charge is 0.397 e. The van der Waals surface area contributed by atoms with Gasteiger partial charge in [-0.25, -0.2) is 8.42 Å². The van der Waals surface area contributed by atoms with Crippen LogP contribution in [0, 0.1) is 11.3 Å². The van der Waals surface area contributed by atoms with Crippen LogP contribution in [0.4, 0.5) is 11.4 Å². The lowest BCUT2D eigenvalue weighted by Gasteiger charge is -2.11. The van der Waals surface area contributed by atoms with Crippen molar-refractivity contribution in [3.63, 3.8) is 0 Å². The van der Waals surface area contributed by atoms with E-state index in [0.717, 1.165) is 5.56 Å². The molecule has 2 aromatic carbocycles. The fourth-order valence-electron chi connectivity index (χ4n) is 1.70. The molecule has 0 fully saturated rings. The van der Waals surface area contributed by atoms with Gasteiger partial charge < -0.3 is 5.73 Å². The number of rotatable bonds is 4. The van der Waals surface area contributed by atoms with E-state index in [9.17, 15) is 8.42 Å². The molecule has 0 amide bonds. The van der Waals surface area contributed by atoms with Gasteiger partial charge in [-0.05, 0) is 35.9 Å². The molecule has 0 saturated heterocycles. The highest BCUT2D eigenvalue weighted by Gasteiger charge is 2.15. The first-order chi connectivity index (χ1) is 9.92. The molecule has 3 N–H and O–H groups in total. The van der Waals surface area contributed by atoms with Crippen LogP contribution in [0.2, 0.25) is 5.02 Å². The van der Waals surface area contributed by atoms with Crippen LogP contribution in [-0.4, -0.2) is 8.42 Å². The summed E-state index contributed by atoms with van der Waals surface area (Å²) in [6, 6.07) is 12.6. The average Bonchev–Trinajstić information content (AvgIpc) is 2.44. The van der Waals surface area contributed by atoms with E-state index in [1.807, 2.05) is 6.07 Å². The van der Waals surface area contributed by atoms with Crippen molar-refractivity contribution in [3.05, 3.63) is 53.1 Å². The summed E-state index contributed by atoms with van der Waals surface area (Å²) < 4.78 is 26.9. The summed E-state index contributed by atoms with van der Waals surface area (Å²) in [7, 11) is -3.76. The fourth-order valence-corrected chi connectivity index (χ4v) is 2.95. The Morgan fingerprint density at radius 2 is 1.86 bits per heavy atom. The molecule has 0 spiro atoms. The molecule has 0 atom stereocenters. The van der Waals surface area contributed by atoms with Crippen molar-refractivity contribution < 1.29 is 8.42 Å². The predicted molar refractivity (Wildman–Crippen MR) is 82.4 cm³/mol. The Balaban J connectivity index is 2.30. The highest BCUT2D eigenvalue weighted by Crippen LogP contribution is 2.25. The molecule has 0 aromatic heterocycles. The normalized spacial score (nSPS) is 10.9. The predicted octanol–water partition coefficient (Wildman–Crippen LogP) is 2.79. The quantitative estimate of drug-likeness (QED) is 0.846. The molecule has 5 nitrogen and oxygen atoms in total. The van der Waals surface area contributed by atoms with E-state index in [-0.39, 0.29) is 22.7 Å². The van der Waals surface area contributed by atoms with Crippen molar-refractivity contribution in [1.29, 1.82) is 5.26 Å². The van der Waals surface area contributed by atoms with E-state index in [1.165, 1.54) is 24.3 Å². The zero-order valence-electron chi connectivity index (χ0n) is 10.9. The van der Waals surface area contributed by atoms with Crippen molar-refractivity contribution in [3.8, 4) is 6.07 Å². The van der Waals surface area contributed by atoms with E-state index in [2.05, 4.69) is 4.72 Å². The molecule has 0 aliphatic carbocycles. The third-order valence-corrected chi connectivity index (χ3v) is 4.39. The summed E-state index contributed by atoms with van der Waals surface area (Å²) in [5, 5.41) is 8.97. The number of nitriles is 1. The van der Waals surface area contributed by atoms with E-state index in [1.54, 1.807) is 18.2 Å². The smallest absolute Gasteiger partial charge is 0.261 e. The Labute approximate surface area is 128 Å². The van der Waals surface area contributed by atoms with Crippen molar-refractivity contribution >= 4 is 33.0 Å². The third-order valence-electron chi connectivity index (χ3n) is 2.78. The van der Waals surface area contributed by atoms with Gasteiger partial charge in [-0.2, -0.15) is 5.26 Å². The van der Waals surface area contributed by atoms with Gasteiger partial charge in [-0.3, -0.25) is 4.72 Å². The van der Waals surface area contributed by atoms with Gasteiger partial charge in [-0.15, -0.1) is 0 Å². The van der Waals surface area contributed by atoms with Crippen LogP contribution in [0.15, 0.2) is 47.4 Å². The first-order valence-electron chi connectivity index (χ1n) is 5.96. The maximum atomic E-state index is 12.3. The molecular formula is C14H12ClN3O2S. The first kappa shape index (κ1) is 15.2. The number of nitrogens with zero attached hydrogens (tertiary/aromatic N) is 1. The summed E-state index contributed by atoms with van der Waals surface area (Å²) in [5.41, 5.74) is 6.97. The number of sulfonamides is 1. The topological polar surface area (TPSA) is 96.0 Å². The van der Waals surface area contributed by atoms with Crippen molar-refractivity contribution in [2.75, 3.05) is 10.5 Å². The van der Waals surface area contributed by atoms with Gasteiger partial charge in [0, 0.05) is 5.02 Å². The van der Waals surface area contributed by atoms with Crippen LogP contribution in [0.3, 0.4) is 0 Å². The van der Waals surface area contributed by atoms with Crippen LogP contribution in [0.5, 0.6) is 0 Å². The molecule has 2 rings (SSSR count). The lowest BCUT2D eigenvalue weighted by molar-refractivity contribution is 0.601. The Bertz CT molecular complexity index is 796. The Morgan fingerprint density at radius 1 is 1.19 bits per heavy atom. The molecule has 0 heterocycles. The number of hydrogen-bond donors (Lipinski definition) is 2. The fraction of sp³-hybridized carbons (Fsp3) is 0.0714. The molecule has 0 radical (unpaired) electrons. The van der Waals surface area contributed by atoms with Gasteiger partial charge in [0.25, 0.3) is 10.0 Å². The summed E-state index contributed by atoms with van der Waals surface area (Å²) >= 11 is 5.83. The molecule has 0 aliphatic rings. The van der Waals surface area contributed by atoms with Gasteiger partial charge in [0.05, 0.1) is 28.8 Å². The molecule has 0 saturated carbocycles. The maximum absolute atomic E-state index is 12.3. The average molecular weight is 322 g/mol. The number of anilines is 2. The SMILES string of the molecule is N#CCc1ccc(S(=O)(=O)Nc2cc(Cl)ccc2N)cc1. The number of nitrogens with two attached hydrogens (primary N) is 1. The zero-order valence-corrected chi connectivity index (χ0v) is 12.4. The van der Waals surface area contributed by atoms with Gasteiger partial charge >= 0.3 is 0 Å². The second kappa shape index (κ2) is 6.04. The molecule has 7 heteroatoms. The summed E-state index contributed by atoms with van der Waals surface area (Å²) in [6.45, 7) is 0. The standard InChI is InChI=1S/C14H12ClN3O2S/c15-11-3-6-13(17)14(9-11)18-21(19,20)12-4-1-10(2-5-12)7-8-16/h1-6,9,18H,7,17H2. The first-order valence-corrected chi connectivity index (χ1v) is 7.82. The van der Waals surface area contributed by atoms with E-state index in [4.69, 9.17) is 22.6 Å². The van der Waals surface area contributed by atoms with Crippen LogP contribution in [0.1, 0.15) is 5.56 Å². The maximum Gasteiger partial charge on any atom is 0.261 e. The number of hydrogen-bond acceptors (Lipinski definition) is 4. The summed E-state index contributed by atoms with van der Waals surface area (Å²) in [4.78, 5) is 0.0866. The minimum absolute atomic E-state index is 0.0866. The van der Waals surface area contributed by atoms with Gasteiger partial charge in [0.15, 0.2) is 0 Å².